The molecule has 0 aliphatic carbocycles. The van der Waals surface area contributed by atoms with Crippen LogP contribution in [0.5, 0.6) is 0 Å². The van der Waals surface area contributed by atoms with E-state index in [0.717, 1.165) is 28.3 Å². The first kappa shape index (κ1) is 19.1. The topological polar surface area (TPSA) is 0 Å². The lowest BCUT2D eigenvalue weighted by Gasteiger charge is -2.18. The molecule has 0 aromatic rings. The summed E-state index contributed by atoms with van der Waals surface area (Å²) in [6.45, 7) is 2.28. The summed E-state index contributed by atoms with van der Waals surface area (Å²) in [5.41, 5.74) is 0. The van der Waals surface area contributed by atoms with E-state index in [4.69, 9.17) is 0 Å². The number of thiol groups is 3. The fourth-order valence-electron chi connectivity index (χ4n) is 1.18. The predicted molar refractivity (Wildman–Crippen MR) is 102 cm³/mol. The molecule has 17 heavy (non-hydrogen) atoms. The predicted octanol–water partition coefficient (Wildman–Crippen LogP) is 4.12. The molecule has 0 aromatic carbocycles. The van der Waals surface area contributed by atoms with Gasteiger partial charge in [-0.05, 0) is 17.9 Å². The standard InChI is InChI=1S/C11H24S6/c1-2-10(16-6-4-13)9-17-11(7-14)8-15-5-3-12/h10-14H,2-9H2,1H3. The third-order valence-electron chi connectivity index (χ3n) is 2.16. The van der Waals surface area contributed by atoms with Gasteiger partial charge in [-0.1, -0.05) is 6.92 Å². The molecule has 0 nitrogen and oxygen atoms in total. The summed E-state index contributed by atoms with van der Waals surface area (Å²) < 4.78 is 0. The molecule has 2 unspecified atom stereocenters. The number of hydrogen-bond acceptors (Lipinski definition) is 6. The SMILES string of the molecule is CCC(CSC(CS)CSCCS)SCCS. The quantitative estimate of drug-likeness (QED) is 0.359. The van der Waals surface area contributed by atoms with Crippen LogP contribution >= 0.6 is 73.2 Å². The molecular weight excluding hydrogens is 325 g/mol. The fraction of sp³-hybridized carbons (Fsp3) is 1.00. The van der Waals surface area contributed by atoms with Crippen molar-refractivity contribution in [3.8, 4) is 0 Å². The summed E-state index contributed by atoms with van der Waals surface area (Å²) in [5.74, 6) is 7.73. The van der Waals surface area contributed by atoms with Gasteiger partial charge in [0.05, 0.1) is 0 Å². The van der Waals surface area contributed by atoms with Gasteiger partial charge in [-0.2, -0.15) is 73.2 Å². The summed E-state index contributed by atoms with van der Waals surface area (Å²) in [7, 11) is 0. The minimum absolute atomic E-state index is 0.689. The van der Waals surface area contributed by atoms with Crippen molar-refractivity contribution >= 4 is 73.2 Å². The molecule has 2 atom stereocenters. The van der Waals surface area contributed by atoms with Gasteiger partial charge in [-0.25, -0.2) is 0 Å². The van der Waals surface area contributed by atoms with E-state index in [-0.39, 0.29) is 0 Å². The molecule has 0 fully saturated rings. The average molecular weight is 349 g/mol. The molecule has 0 radical (unpaired) electrons. The van der Waals surface area contributed by atoms with Gasteiger partial charge in [0, 0.05) is 39.3 Å². The second-order valence-corrected chi connectivity index (χ2v) is 8.71. The molecule has 0 spiro atoms. The zero-order valence-corrected chi connectivity index (χ0v) is 15.5. The van der Waals surface area contributed by atoms with Gasteiger partial charge in [0.15, 0.2) is 0 Å². The summed E-state index contributed by atoms with van der Waals surface area (Å²) in [5, 5.41) is 1.47. The average Bonchev–Trinajstić information content (AvgIpc) is 2.36. The maximum atomic E-state index is 4.45. The Balaban J connectivity index is 3.69. The fourth-order valence-corrected chi connectivity index (χ4v) is 5.98. The second-order valence-electron chi connectivity index (χ2n) is 3.56. The molecule has 6 heteroatoms. The molecule has 0 bridgehead atoms. The van der Waals surface area contributed by atoms with Gasteiger partial charge in [0.2, 0.25) is 0 Å². The number of rotatable bonds is 12. The summed E-state index contributed by atoms with van der Waals surface area (Å²) >= 11 is 19.1. The van der Waals surface area contributed by atoms with Crippen molar-refractivity contribution in [2.75, 3.05) is 40.3 Å². The van der Waals surface area contributed by atoms with E-state index < -0.39 is 0 Å². The van der Waals surface area contributed by atoms with Gasteiger partial charge in [0.1, 0.15) is 0 Å². The van der Waals surface area contributed by atoms with Gasteiger partial charge in [-0.3, -0.25) is 0 Å². The van der Waals surface area contributed by atoms with Gasteiger partial charge >= 0.3 is 0 Å². The van der Waals surface area contributed by atoms with Gasteiger partial charge in [-0.15, -0.1) is 0 Å². The Labute approximate surface area is 136 Å². The Bertz CT molecular complexity index is 155. The largest absolute Gasteiger partial charge is 0.179 e. The van der Waals surface area contributed by atoms with E-state index >= 15 is 0 Å². The van der Waals surface area contributed by atoms with Gasteiger partial charge < -0.3 is 0 Å². The minimum Gasteiger partial charge on any atom is -0.179 e. The lowest BCUT2D eigenvalue weighted by molar-refractivity contribution is 0.913. The molecule has 0 aliphatic rings. The van der Waals surface area contributed by atoms with Gasteiger partial charge in [0.25, 0.3) is 0 Å². The zero-order chi connectivity index (χ0) is 12.9. The van der Waals surface area contributed by atoms with Crippen molar-refractivity contribution in [3.63, 3.8) is 0 Å². The molecule has 0 saturated heterocycles. The van der Waals surface area contributed by atoms with Crippen LogP contribution in [0.3, 0.4) is 0 Å². The molecule has 104 valence electrons. The van der Waals surface area contributed by atoms with Crippen molar-refractivity contribution in [2.45, 2.75) is 23.8 Å². The Kier molecular flexibility index (Phi) is 16.3. The van der Waals surface area contributed by atoms with E-state index in [2.05, 4.69) is 68.3 Å². The third-order valence-corrected chi connectivity index (χ3v) is 8.26. The first-order valence-corrected chi connectivity index (χ1v) is 11.1. The highest BCUT2D eigenvalue weighted by atomic mass is 32.2. The van der Waals surface area contributed by atoms with Crippen LogP contribution in [0, 0.1) is 0 Å². The first-order valence-electron chi connectivity index (χ1n) is 5.91. The van der Waals surface area contributed by atoms with Crippen molar-refractivity contribution in [2.24, 2.45) is 0 Å². The lowest BCUT2D eigenvalue weighted by Crippen LogP contribution is -2.15. The maximum absolute atomic E-state index is 4.45. The number of hydrogen-bond donors (Lipinski definition) is 3. The Morgan fingerprint density at radius 3 is 2.12 bits per heavy atom. The Hall–Kier alpha value is 2.10. The molecule has 0 saturated carbocycles. The van der Waals surface area contributed by atoms with Crippen LogP contribution in [-0.4, -0.2) is 50.8 Å². The highest BCUT2D eigenvalue weighted by Gasteiger charge is 2.12. The van der Waals surface area contributed by atoms with E-state index in [9.17, 15) is 0 Å². The Morgan fingerprint density at radius 2 is 1.59 bits per heavy atom. The van der Waals surface area contributed by atoms with Crippen LogP contribution in [-0.2, 0) is 0 Å². The highest BCUT2D eigenvalue weighted by Crippen LogP contribution is 2.25. The maximum Gasteiger partial charge on any atom is 0.0226 e. The second kappa shape index (κ2) is 14.5. The van der Waals surface area contributed by atoms with Crippen LogP contribution in [0.1, 0.15) is 13.3 Å². The van der Waals surface area contributed by atoms with Crippen molar-refractivity contribution in [1.82, 2.24) is 0 Å². The van der Waals surface area contributed by atoms with E-state index in [0.29, 0.717) is 5.25 Å². The monoisotopic (exact) mass is 348 g/mol. The molecule has 0 rings (SSSR count). The zero-order valence-electron chi connectivity index (χ0n) is 10.4. The van der Waals surface area contributed by atoms with Crippen molar-refractivity contribution in [3.05, 3.63) is 0 Å². The van der Waals surface area contributed by atoms with E-state index in [1.54, 1.807) is 0 Å². The van der Waals surface area contributed by atoms with Crippen molar-refractivity contribution < 1.29 is 0 Å². The van der Waals surface area contributed by atoms with Crippen LogP contribution in [0.25, 0.3) is 0 Å². The van der Waals surface area contributed by atoms with E-state index in [1.807, 2.05) is 11.8 Å². The minimum atomic E-state index is 0.689. The summed E-state index contributed by atoms with van der Waals surface area (Å²) in [6, 6.07) is 0. The smallest absolute Gasteiger partial charge is 0.0226 e. The lowest BCUT2D eigenvalue weighted by atomic mass is 10.4. The molecule has 0 N–H and O–H groups in total. The molecule has 0 amide bonds. The summed E-state index contributed by atoms with van der Waals surface area (Å²) in [4.78, 5) is 0. The summed E-state index contributed by atoms with van der Waals surface area (Å²) in [6.07, 6.45) is 1.26. The van der Waals surface area contributed by atoms with Crippen LogP contribution < -0.4 is 0 Å². The highest BCUT2D eigenvalue weighted by molar-refractivity contribution is 8.05. The van der Waals surface area contributed by atoms with E-state index in [1.165, 1.54) is 23.7 Å². The van der Waals surface area contributed by atoms with Crippen LogP contribution in [0.2, 0.25) is 0 Å². The molecular formula is C11H24S6. The molecule has 0 heterocycles. The van der Waals surface area contributed by atoms with Crippen molar-refractivity contribution in [1.29, 1.82) is 0 Å². The Morgan fingerprint density at radius 1 is 0.882 bits per heavy atom. The molecule has 0 aromatic heterocycles. The van der Waals surface area contributed by atoms with Crippen LogP contribution in [0.15, 0.2) is 0 Å². The third kappa shape index (κ3) is 11.6. The normalized spacial score (nSPS) is 14.8. The first-order chi connectivity index (χ1) is 8.28. The van der Waals surface area contributed by atoms with Crippen LogP contribution in [0.4, 0.5) is 0 Å². The molecule has 0 aliphatic heterocycles. The number of thioether (sulfide) groups is 3.